The van der Waals surface area contributed by atoms with Crippen molar-refractivity contribution in [2.75, 3.05) is 0 Å². The van der Waals surface area contributed by atoms with Gasteiger partial charge in [-0.15, -0.1) is 0 Å². The van der Waals surface area contributed by atoms with E-state index in [4.69, 9.17) is 14.0 Å². The van der Waals surface area contributed by atoms with Crippen LogP contribution in [0.5, 0.6) is 0 Å². The molecule has 5 heteroatoms. The van der Waals surface area contributed by atoms with Crippen molar-refractivity contribution in [3.05, 3.63) is 107 Å². The predicted molar refractivity (Wildman–Crippen MR) is 139 cm³/mol. The third-order valence-corrected chi connectivity index (χ3v) is 8.42. The SMILES string of the molecule is CC1(C)OB([C@H]2[C@@H](N(Cc3ccccc3)Cc3ccccc3)[C@H]3O[C@@H]2c2ccccc23)OC1(C)C. The quantitative estimate of drug-likeness (QED) is 0.396. The molecule has 2 bridgehead atoms. The second-order valence-electron chi connectivity index (χ2n) is 11.2. The zero-order valence-electron chi connectivity index (χ0n) is 21.1. The summed E-state index contributed by atoms with van der Waals surface area (Å²) < 4.78 is 20.1. The molecule has 4 atom stereocenters. The van der Waals surface area contributed by atoms with Crippen molar-refractivity contribution in [3.8, 4) is 0 Å². The molecule has 180 valence electrons. The van der Waals surface area contributed by atoms with Crippen LogP contribution in [0.4, 0.5) is 0 Å². The van der Waals surface area contributed by atoms with Gasteiger partial charge in [-0.1, -0.05) is 84.9 Å². The first-order valence-corrected chi connectivity index (χ1v) is 12.8. The molecule has 3 heterocycles. The molecule has 0 amide bonds. The van der Waals surface area contributed by atoms with Crippen LogP contribution in [-0.4, -0.2) is 29.3 Å². The van der Waals surface area contributed by atoms with E-state index in [1.807, 2.05) is 0 Å². The molecule has 0 N–H and O–H groups in total. The fraction of sp³-hybridized carbons (Fsp3) is 0.400. The Morgan fingerprint density at radius 2 is 1.11 bits per heavy atom. The topological polar surface area (TPSA) is 30.9 Å². The number of nitrogens with zero attached hydrogens (tertiary/aromatic N) is 1. The van der Waals surface area contributed by atoms with Crippen LogP contribution in [0.25, 0.3) is 0 Å². The first-order valence-electron chi connectivity index (χ1n) is 12.8. The van der Waals surface area contributed by atoms with E-state index >= 15 is 0 Å². The summed E-state index contributed by atoms with van der Waals surface area (Å²) in [5.41, 5.74) is 4.43. The van der Waals surface area contributed by atoms with Gasteiger partial charge in [0.05, 0.1) is 23.4 Å². The maximum Gasteiger partial charge on any atom is 0.465 e. The molecular formula is C30H34BNO3. The standard InChI is InChI=1S/C30H34BNO3/c1-29(2)30(3,4)35-31(34-29)25-26(28-24-18-12-11-17-23(24)27(25)33-28)32(19-21-13-7-5-8-14-21)20-22-15-9-6-10-16-22/h5-18,25-28H,19-20H2,1-4H3/t25-,26+,27+,28-/m0/s1. The fourth-order valence-corrected chi connectivity index (χ4v) is 5.96. The van der Waals surface area contributed by atoms with E-state index in [1.54, 1.807) is 0 Å². The Balaban J connectivity index is 1.42. The van der Waals surface area contributed by atoms with Gasteiger partial charge in [0.25, 0.3) is 0 Å². The highest BCUT2D eigenvalue weighted by atomic mass is 16.7. The lowest BCUT2D eigenvalue weighted by molar-refractivity contribution is 0.00578. The third-order valence-electron chi connectivity index (χ3n) is 8.42. The Bertz CT molecular complexity index is 1120. The first kappa shape index (κ1) is 23.0. The number of fused-ring (bicyclic) bond motifs is 5. The zero-order valence-corrected chi connectivity index (χ0v) is 21.1. The molecule has 6 rings (SSSR count). The monoisotopic (exact) mass is 467 g/mol. The van der Waals surface area contributed by atoms with E-state index < -0.39 is 0 Å². The minimum absolute atomic E-state index is 0.00681. The summed E-state index contributed by atoms with van der Waals surface area (Å²) in [6, 6.07) is 30.3. The summed E-state index contributed by atoms with van der Waals surface area (Å²) >= 11 is 0. The minimum atomic E-state index is -0.382. The lowest BCUT2D eigenvalue weighted by Crippen LogP contribution is -2.46. The predicted octanol–water partition coefficient (Wildman–Crippen LogP) is 6.35. The molecule has 2 fully saturated rings. The molecule has 3 aliphatic rings. The van der Waals surface area contributed by atoms with Gasteiger partial charge in [0.1, 0.15) is 0 Å². The van der Waals surface area contributed by atoms with Crippen LogP contribution in [0.1, 0.15) is 62.2 Å². The van der Waals surface area contributed by atoms with Crippen molar-refractivity contribution in [3.63, 3.8) is 0 Å². The molecule has 0 saturated carbocycles. The van der Waals surface area contributed by atoms with E-state index in [1.165, 1.54) is 22.3 Å². The average Bonchev–Trinajstić information content (AvgIpc) is 3.48. The Morgan fingerprint density at radius 1 is 0.657 bits per heavy atom. The Hall–Kier alpha value is -2.44. The number of hydrogen-bond donors (Lipinski definition) is 0. The highest BCUT2D eigenvalue weighted by Crippen LogP contribution is 2.61. The summed E-state index contributed by atoms with van der Waals surface area (Å²) in [7, 11) is -0.331. The van der Waals surface area contributed by atoms with Crippen LogP contribution in [0.15, 0.2) is 84.9 Å². The van der Waals surface area contributed by atoms with E-state index in [-0.39, 0.29) is 42.4 Å². The molecule has 4 nitrogen and oxygen atoms in total. The largest absolute Gasteiger partial charge is 0.465 e. The van der Waals surface area contributed by atoms with Gasteiger partial charge in [0.15, 0.2) is 0 Å². The summed E-state index contributed by atoms with van der Waals surface area (Å²) in [6.07, 6.45) is -0.0439. The maximum absolute atomic E-state index is 6.77. The molecular weight excluding hydrogens is 433 g/mol. The maximum atomic E-state index is 6.77. The normalized spacial score (nSPS) is 28.0. The molecule has 35 heavy (non-hydrogen) atoms. The van der Waals surface area contributed by atoms with Gasteiger partial charge < -0.3 is 14.0 Å². The van der Waals surface area contributed by atoms with E-state index in [0.717, 1.165) is 13.1 Å². The highest BCUT2D eigenvalue weighted by molar-refractivity contribution is 6.48. The fourth-order valence-electron chi connectivity index (χ4n) is 5.96. The van der Waals surface area contributed by atoms with Crippen LogP contribution in [0.2, 0.25) is 5.82 Å². The second kappa shape index (κ2) is 8.60. The summed E-state index contributed by atoms with van der Waals surface area (Å²) in [5, 5.41) is 0. The van der Waals surface area contributed by atoms with Gasteiger partial charge >= 0.3 is 7.12 Å². The first-order chi connectivity index (χ1) is 16.8. The lowest BCUT2D eigenvalue weighted by Gasteiger charge is -2.39. The van der Waals surface area contributed by atoms with E-state index in [0.29, 0.717) is 0 Å². The Morgan fingerprint density at radius 3 is 1.63 bits per heavy atom. The molecule has 0 aromatic heterocycles. The summed E-state index contributed by atoms with van der Waals surface area (Å²) in [5.74, 6) is 0.0726. The minimum Gasteiger partial charge on any atom is -0.403 e. The molecule has 3 aromatic carbocycles. The number of ether oxygens (including phenoxy) is 1. The molecule has 0 spiro atoms. The molecule has 2 saturated heterocycles. The van der Waals surface area contributed by atoms with Gasteiger partial charge in [0, 0.05) is 24.9 Å². The molecule has 3 aromatic rings. The smallest absolute Gasteiger partial charge is 0.403 e. The van der Waals surface area contributed by atoms with Gasteiger partial charge in [-0.3, -0.25) is 4.90 Å². The van der Waals surface area contributed by atoms with Gasteiger partial charge in [-0.05, 0) is 49.9 Å². The van der Waals surface area contributed by atoms with Crippen molar-refractivity contribution in [1.82, 2.24) is 4.90 Å². The zero-order chi connectivity index (χ0) is 24.2. The molecule has 0 radical (unpaired) electrons. The van der Waals surface area contributed by atoms with Gasteiger partial charge in [-0.25, -0.2) is 0 Å². The Kier molecular flexibility index (Phi) is 5.65. The van der Waals surface area contributed by atoms with E-state index in [9.17, 15) is 0 Å². The van der Waals surface area contributed by atoms with Crippen molar-refractivity contribution < 1.29 is 14.0 Å². The van der Waals surface area contributed by atoms with Crippen LogP contribution < -0.4 is 0 Å². The third kappa shape index (κ3) is 3.95. The van der Waals surface area contributed by atoms with Gasteiger partial charge in [0.2, 0.25) is 0 Å². The summed E-state index contributed by atoms with van der Waals surface area (Å²) in [4.78, 5) is 2.58. The number of rotatable bonds is 6. The van der Waals surface area contributed by atoms with Gasteiger partial charge in [-0.2, -0.15) is 0 Å². The highest BCUT2D eigenvalue weighted by Gasteiger charge is 2.64. The van der Waals surface area contributed by atoms with Crippen LogP contribution in [0, 0.1) is 0 Å². The second-order valence-corrected chi connectivity index (χ2v) is 11.2. The van der Waals surface area contributed by atoms with Crippen LogP contribution in [0.3, 0.4) is 0 Å². The number of benzene rings is 3. The van der Waals surface area contributed by atoms with Crippen molar-refractivity contribution in [2.45, 2.75) is 76.1 Å². The molecule has 0 aliphatic carbocycles. The number of hydrogen-bond acceptors (Lipinski definition) is 4. The van der Waals surface area contributed by atoms with E-state index in [2.05, 4.69) is 118 Å². The molecule has 3 aliphatic heterocycles. The van der Waals surface area contributed by atoms with Crippen LogP contribution >= 0.6 is 0 Å². The molecule has 0 unspecified atom stereocenters. The Labute approximate surface area is 209 Å². The van der Waals surface area contributed by atoms with Crippen molar-refractivity contribution in [2.24, 2.45) is 0 Å². The van der Waals surface area contributed by atoms with Crippen molar-refractivity contribution in [1.29, 1.82) is 0 Å². The summed E-state index contributed by atoms with van der Waals surface area (Å²) in [6.45, 7) is 10.2. The van der Waals surface area contributed by atoms with Crippen molar-refractivity contribution >= 4 is 7.12 Å². The van der Waals surface area contributed by atoms with Crippen LogP contribution in [-0.2, 0) is 27.1 Å². The average molecular weight is 467 g/mol. The lowest BCUT2D eigenvalue weighted by atomic mass is 9.60.